The number of nitrogens with zero attached hydrogens (tertiary/aromatic N) is 3. The van der Waals surface area contributed by atoms with Gasteiger partial charge < -0.3 is 4.74 Å². The third-order valence-corrected chi connectivity index (χ3v) is 6.52. The highest BCUT2D eigenvalue weighted by atomic mass is 32.2. The molecule has 0 radical (unpaired) electrons. The number of anilines is 1. The van der Waals surface area contributed by atoms with Crippen molar-refractivity contribution in [1.82, 2.24) is 4.98 Å². The molecule has 0 amide bonds. The molecule has 0 N–H and O–H groups in total. The van der Waals surface area contributed by atoms with Crippen molar-refractivity contribution in [2.24, 2.45) is 0 Å². The Morgan fingerprint density at radius 1 is 1.07 bits per heavy atom. The quantitative estimate of drug-likeness (QED) is 0.197. The zero-order valence-corrected chi connectivity index (χ0v) is 17.9. The minimum Gasteiger partial charge on any atom is -0.489 e. The van der Waals surface area contributed by atoms with E-state index in [1.54, 1.807) is 47.4 Å². The number of hydrogen-bond donors (Lipinski definition) is 0. The maximum Gasteiger partial charge on any atom is 0.165 e. The lowest BCUT2D eigenvalue weighted by Crippen LogP contribution is -2.29. The van der Waals surface area contributed by atoms with Gasteiger partial charge in [-0.25, -0.2) is 15.1 Å². The van der Waals surface area contributed by atoms with Gasteiger partial charge in [0, 0.05) is 0 Å². The minimum absolute atomic E-state index is 0.166. The van der Waals surface area contributed by atoms with Crippen molar-refractivity contribution in [2.75, 3.05) is 11.3 Å². The lowest BCUT2D eigenvalue weighted by molar-refractivity contribution is -0.496. The Balaban J connectivity index is 1.48. The topological polar surface area (TPSA) is 68.5 Å². The van der Waals surface area contributed by atoms with Gasteiger partial charge in [-0.3, -0.25) is 0 Å². The van der Waals surface area contributed by atoms with Crippen molar-refractivity contribution >= 4 is 39.0 Å². The highest BCUT2D eigenvalue weighted by molar-refractivity contribution is 8.00. The Morgan fingerprint density at radius 2 is 1.83 bits per heavy atom. The second-order valence-corrected chi connectivity index (χ2v) is 8.63. The van der Waals surface area contributed by atoms with Crippen LogP contribution in [0.4, 0.5) is 5.69 Å². The summed E-state index contributed by atoms with van der Waals surface area (Å²) in [5.74, 6) is 0.668. The number of nitro groups is 1. The number of fused-ring (bicyclic) bond motifs is 1. The van der Waals surface area contributed by atoms with Gasteiger partial charge in [0.25, 0.3) is 0 Å². The van der Waals surface area contributed by atoms with E-state index in [-0.39, 0.29) is 11.6 Å². The van der Waals surface area contributed by atoms with E-state index in [4.69, 9.17) is 4.74 Å². The first kappa shape index (κ1) is 20.2. The number of hydrazine groups is 1. The highest BCUT2D eigenvalue weighted by Gasteiger charge is 2.18. The number of thioether (sulfide) groups is 1. The van der Waals surface area contributed by atoms with Crippen LogP contribution in [0.5, 0.6) is 5.75 Å². The summed E-state index contributed by atoms with van der Waals surface area (Å²) in [5, 5.41) is 12.5. The Labute approximate surface area is 182 Å². The molecule has 1 aromatic heterocycles. The van der Waals surface area contributed by atoms with E-state index >= 15 is 0 Å². The average Bonchev–Trinajstić information content (AvgIpc) is 3.19. The van der Waals surface area contributed by atoms with Crippen molar-refractivity contribution < 1.29 is 9.77 Å². The molecule has 0 spiro atoms. The first-order chi connectivity index (χ1) is 14.6. The summed E-state index contributed by atoms with van der Waals surface area (Å²) in [6.07, 6.45) is 1.99. The molecule has 0 aliphatic rings. The van der Waals surface area contributed by atoms with Crippen molar-refractivity contribution in [3.05, 3.63) is 94.0 Å². The van der Waals surface area contributed by atoms with E-state index in [0.29, 0.717) is 18.0 Å². The van der Waals surface area contributed by atoms with Crippen LogP contribution in [-0.4, -0.2) is 16.3 Å². The molecular weight excluding hydrogens is 418 g/mol. The maximum atomic E-state index is 11.7. The van der Waals surface area contributed by atoms with Crippen LogP contribution in [0.15, 0.2) is 77.1 Å². The summed E-state index contributed by atoms with van der Waals surface area (Å²) in [4.78, 5) is 16.2. The normalized spacial score (nSPS) is 10.8. The second-order valence-electron chi connectivity index (χ2n) is 6.55. The fourth-order valence-corrected chi connectivity index (χ4v) is 4.56. The number of rotatable bonds is 8. The number of ether oxygens (including phenoxy) is 1. The summed E-state index contributed by atoms with van der Waals surface area (Å²) < 4.78 is 7.79. The van der Waals surface area contributed by atoms with Crippen LogP contribution in [0.3, 0.4) is 0 Å². The van der Waals surface area contributed by atoms with Gasteiger partial charge in [-0.2, -0.15) is 0 Å². The SMILES string of the molecule is CSc1nc2ccc(CN(c3ccc(OCc4ccccc4)cc3)[N+](=O)[O-])cc2s1. The maximum absolute atomic E-state index is 11.7. The molecule has 0 bridgehead atoms. The lowest BCUT2D eigenvalue weighted by Gasteiger charge is -2.15. The average molecular weight is 438 g/mol. The van der Waals surface area contributed by atoms with Crippen LogP contribution in [0, 0.1) is 10.1 Å². The third-order valence-electron chi connectivity index (χ3n) is 4.52. The van der Waals surface area contributed by atoms with Crippen molar-refractivity contribution in [3.63, 3.8) is 0 Å². The first-order valence-electron chi connectivity index (χ1n) is 9.24. The van der Waals surface area contributed by atoms with Gasteiger partial charge in [0.1, 0.15) is 24.6 Å². The van der Waals surface area contributed by atoms with Gasteiger partial charge in [-0.05, 0) is 53.8 Å². The summed E-state index contributed by atoms with van der Waals surface area (Å²) in [6, 6.07) is 22.6. The molecule has 0 aliphatic carbocycles. The molecule has 4 aromatic rings. The van der Waals surface area contributed by atoms with E-state index in [1.807, 2.05) is 54.8 Å². The standard InChI is InChI=1S/C22H19N3O3S2/c1-29-22-23-20-12-7-17(13-21(20)30-22)14-24(25(26)27)18-8-10-19(11-9-18)28-15-16-5-3-2-4-6-16/h2-13H,14-15H2,1H3. The molecule has 0 saturated heterocycles. The Morgan fingerprint density at radius 3 is 2.53 bits per heavy atom. The van der Waals surface area contributed by atoms with Crippen molar-refractivity contribution in [2.45, 2.75) is 17.5 Å². The molecule has 0 saturated carbocycles. The molecule has 8 heteroatoms. The molecule has 0 fully saturated rings. The summed E-state index contributed by atoms with van der Waals surface area (Å²) >= 11 is 3.19. The van der Waals surface area contributed by atoms with Crippen LogP contribution in [0.25, 0.3) is 10.2 Å². The molecule has 6 nitrogen and oxygen atoms in total. The van der Waals surface area contributed by atoms with E-state index in [0.717, 1.165) is 30.7 Å². The van der Waals surface area contributed by atoms with Crippen LogP contribution in [-0.2, 0) is 13.2 Å². The van der Waals surface area contributed by atoms with E-state index < -0.39 is 0 Å². The molecule has 4 rings (SSSR count). The van der Waals surface area contributed by atoms with Gasteiger partial charge in [0.05, 0.1) is 10.2 Å². The number of benzene rings is 3. The van der Waals surface area contributed by atoms with E-state index in [2.05, 4.69) is 4.98 Å². The van der Waals surface area contributed by atoms with Gasteiger partial charge in [-0.15, -0.1) is 11.3 Å². The fraction of sp³-hybridized carbons (Fsp3) is 0.136. The highest BCUT2D eigenvalue weighted by Crippen LogP contribution is 2.29. The van der Waals surface area contributed by atoms with E-state index in [1.165, 1.54) is 0 Å². The van der Waals surface area contributed by atoms with Gasteiger partial charge in [0.15, 0.2) is 9.37 Å². The monoisotopic (exact) mass is 437 g/mol. The Hall–Kier alpha value is -3.10. The number of hydrogen-bond acceptors (Lipinski definition) is 6. The van der Waals surface area contributed by atoms with Crippen LogP contribution in [0.2, 0.25) is 0 Å². The zero-order chi connectivity index (χ0) is 20.9. The lowest BCUT2D eigenvalue weighted by atomic mass is 10.2. The van der Waals surface area contributed by atoms with Crippen LogP contribution >= 0.6 is 23.1 Å². The van der Waals surface area contributed by atoms with E-state index in [9.17, 15) is 10.1 Å². The third kappa shape index (κ3) is 4.72. The molecule has 152 valence electrons. The minimum atomic E-state index is -0.385. The predicted octanol–water partition coefficient (Wildman–Crippen LogP) is 5.80. The van der Waals surface area contributed by atoms with Crippen LogP contribution < -0.4 is 9.75 Å². The predicted molar refractivity (Wildman–Crippen MR) is 122 cm³/mol. The fourth-order valence-electron chi connectivity index (χ4n) is 3.01. The summed E-state index contributed by atoms with van der Waals surface area (Å²) in [5.41, 5.74) is 3.35. The first-order valence-corrected chi connectivity index (χ1v) is 11.3. The molecule has 0 aliphatic heterocycles. The number of aromatic nitrogens is 1. The van der Waals surface area contributed by atoms with Gasteiger partial charge >= 0.3 is 0 Å². The van der Waals surface area contributed by atoms with Gasteiger partial charge in [0.2, 0.25) is 0 Å². The summed E-state index contributed by atoms with van der Waals surface area (Å²) in [6.45, 7) is 0.617. The largest absolute Gasteiger partial charge is 0.489 e. The molecule has 1 heterocycles. The Kier molecular flexibility index (Phi) is 6.15. The van der Waals surface area contributed by atoms with Gasteiger partial charge in [-0.1, -0.05) is 53.2 Å². The number of thiazole rings is 1. The van der Waals surface area contributed by atoms with Crippen LogP contribution in [0.1, 0.15) is 11.1 Å². The van der Waals surface area contributed by atoms with Crippen molar-refractivity contribution in [3.8, 4) is 5.75 Å². The summed E-state index contributed by atoms with van der Waals surface area (Å²) in [7, 11) is 0. The second kappa shape index (κ2) is 9.15. The molecular formula is C22H19N3O3S2. The molecule has 0 atom stereocenters. The zero-order valence-electron chi connectivity index (χ0n) is 16.2. The Bertz CT molecular complexity index is 1150. The molecule has 3 aromatic carbocycles. The van der Waals surface area contributed by atoms with Crippen molar-refractivity contribution in [1.29, 1.82) is 0 Å². The molecule has 0 unspecified atom stereocenters. The molecule has 30 heavy (non-hydrogen) atoms. The smallest absolute Gasteiger partial charge is 0.165 e.